The lowest BCUT2D eigenvalue weighted by atomic mass is 9.95. The molecule has 2 amide bonds. The maximum atomic E-state index is 13.5. The number of carbonyl (C=O) groups is 2. The molecule has 2 aromatic rings. The van der Waals surface area contributed by atoms with Gasteiger partial charge in [-0.25, -0.2) is 12.7 Å². The second-order valence-corrected chi connectivity index (χ2v) is 12.1. The van der Waals surface area contributed by atoms with E-state index < -0.39 is 16.1 Å². The molecule has 1 atom stereocenters. The standard InChI is InChI=1S/C29H41N3O4S/c1-4-27(29(34)30-25-12-7-5-8-13-25)32(22-24-19-17-23(2)18-20-24)28(33)16-11-21-31(3)37(35,36)26-14-9-6-10-15-26/h6,9-10,14-15,17-20,25,27H,4-5,7-8,11-13,16,21-22H2,1-3H3,(H,30,34)/t27-/m0/s1. The summed E-state index contributed by atoms with van der Waals surface area (Å²) in [5.41, 5.74) is 2.10. The second kappa shape index (κ2) is 13.7. The summed E-state index contributed by atoms with van der Waals surface area (Å²) in [5, 5.41) is 3.19. The van der Waals surface area contributed by atoms with Crippen LogP contribution < -0.4 is 5.32 Å². The van der Waals surface area contributed by atoms with Crippen LogP contribution in [0.2, 0.25) is 0 Å². The van der Waals surface area contributed by atoms with E-state index in [1.807, 2.05) is 38.1 Å². The zero-order valence-electron chi connectivity index (χ0n) is 22.4. The third kappa shape index (κ3) is 8.14. The normalized spacial score (nSPS) is 15.4. The molecule has 1 N–H and O–H groups in total. The van der Waals surface area contributed by atoms with Crippen molar-refractivity contribution in [2.45, 2.75) is 88.7 Å². The number of hydrogen-bond donors (Lipinski definition) is 1. The molecule has 1 aliphatic carbocycles. The zero-order chi connectivity index (χ0) is 26.8. The summed E-state index contributed by atoms with van der Waals surface area (Å²) in [5.74, 6) is -0.240. The summed E-state index contributed by atoms with van der Waals surface area (Å²) in [4.78, 5) is 28.7. The van der Waals surface area contributed by atoms with Crippen LogP contribution in [0.1, 0.15) is 69.4 Å². The minimum atomic E-state index is -3.62. The monoisotopic (exact) mass is 527 g/mol. The summed E-state index contributed by atoms with van der Waals surface area (Å²) in [6.07, 6.45) is 6.45. The summed E-state index contributed by atoms with van der Waals surface area (Å²) < 4.78 is 26.9. The number of carbonyl (C=O) groups excluding carboxylic acids is 2. The number of benzene rings is 2. The molecule has 0 spiro atoms. The van der Waals surface area contributed by atoms with Crippen molar-refractivity contribution in [3.05, 3.63) is 65.7 Å². The molecule has 0 aromatic heterocycles. The fraction of sp³-hybridized carbons (Fsp3) is 0.517. The number of aryl methyl sites for hydroxylation is 1. The van der Waals surface area contributed by atoms with Gasteiger partial charge in [-0.05, 0) is 50.3 Å². The van der Waals surface area contributed by atoms with E-state index in [9.17, 15) is 18.0 Å². The largest absolute Gasteiger partial charge is 0.352 e. The Kier molecular flexibility index (Phi) is 10.7. The van der Waals surface area contributed by atoms with Crippen LogP contribution in [0.3, 0.4) is 0 Å². The molecule has 0 radical (unpaired) electrons. The maximum absolute atomic E-state index is 13.5. The number of amides is 2. The van der Waals surface area contributed by atoms with Crippen LogP contribution in [-0.4, -0.2) is 55.1 Å². The SMILES string of the molecule is CC[C@@H](C(=O)NC1CCCCC1)N(Cc1ccc(C)cc1)C(=O)CCCN(C)S(=O)(=O)c1ccccc1. The Hall–Kier alpha value is -2.71. The molecule has 202 valence electrons. The van der Waals surface area contributed by atoms with Gasteiger partial charge in [-0.3, -0.25) is 9.59 Å². The third-order valence-electron chi connectivity index (χ3n) is 7.13. The Morgan fingerprint density at radius 2 is 1.65 bits per heavy atom. The molecule has 0 bridgehead atoms. The molecule has 8 heteroatoms. The molecule has 1 saturated carbocycles. The van der Waals surface area contributed by atoms with Gasteiger partial charge in [-0.1, -0.05) is 74.2 Å². The molecular formula is C29H41N3O4S. The Morgan fingerprint density at radius 1 is 1.00 bits per heavy atom. The molecule has 1 fully saturated rings. The fourth-order valence-electron chi connectivity index (χ4n) is 4.84. The van der Waals surface area contributed by atoms with Crippen molar-refractivity contribution >= 4 is 21.8 Å². The first-order valence-electron chi connectivity index (χ1n) is 13.4. The average molecular weight is 528 g/mol. The van der Waals surface area contributed by atoms with Crippen molar-refractivity contribution in [3.63, 3.8) is 0 Å². The van der Waals surface area contributed by atoms with Gasteiger partial charge in [0.05, 0.1) is 4.90 Å². The first-order valence-corrected chi connectivity index (χ1v) is 14.8. The predicted molar refractivity (Wildman–Crippen MR) is 146 cm³/mol. The highest BCUT2D eigenvalue weighted by molar-refractivity contribution is 7.89. The highest BCUT2D eigenvalue weighted by Gasteiger charge is 2.30. The molecule has 0 aliphatic heterocycles. The fourth-order valence-corrected chi connectivity index (χ4v) is 6.07. The van der Waals surface area contributed by atoms with Gasteiger partial charge in [-0.2, -0.15) is 0 Å². The molecular weight excluding hydrogens is 486 g/mol. The Labute approximate surface area is 222 Å². The van der Waals surface area contributed by atoms with Crippen LogP contribution in [0.5, 0.6) is 0 Å². The van der Waals surface area contributed by atoms with E-state index in [0.29, 0.717) is 19.4 Å². The molecule has 7 nitrogen and oxygen atoms in total. The van der Waals surface area contributed by atoms with Gasteiger partial charge in [0.25, 0.3) is 0 Å². The Bertz CT molecular complexity index is 1110. The quantitative estimate of drug-likeness (QED) is 0.435. The molecule has 0 unspecified atom stereocenters. The molecule has 3 rings (SSSR count). The lowest BCUT2D eigenvalue weighted by Crippen LogP contribution is -2.51. The molecule has 2 aromatic carbocycles. The van der Waals surface area contributed by atoms with Crippen LogP contribution in [0, 0.1) is 6.92 Å². The minimum absolute atomic E-state index is 0.0985. The van der Waals surface area contributed by atoms with Gasteiger partial charge in [0.15, 0.2) is 0 Å². The van der Waals surface area contributed by atoms with Gasteiger partial charge in [0.2, 0.25) is 21.8 Å². The number of nitrogens with one attached hydrogen (secondary N) is 1. The molecule has 37 heavy (non-hydrogen) atoms. The van der Waals surface area contributed by atoms with E-state index in [0.717, 1.165) is 36.8 Å². The Morgan fingerprint density at radius 3 is 2.27 bits per heavy atom. The molecule has 1 aliphatic rings. The number of hydrogen-bond acceptors (Lipinski definition) is 4. The number of rotatable bonds is 12. The molecule has 0 saturated heterocycles. The highest BCUT2D eigenvalue weighted by atomic mass is 32.2. The Balaban J connectivity index is 1.69. The van der Waals surface area contributed by atoms with Crippen LogP contribution >= 0.6 is 0 Å². The third-order valence-corrected chi connectivity index (χ3v) is 9.00. The first kappa shape index (κ1) is 28.9. The van der Waals surface area contributed by atoms with Gasteiger partial charge >= 0.3 is 0 Å². The van der Waals surface area contributed by atoms with Crippen molar-refractivity contribution in [1.82, 2.24) is 14.5 Å². The first-order chi connectivity index (χ1) is 17.7. The van der Waals surface area contributed by atoms with E-state index in [1.54, 1.807) is 35.2 Å². The second-order valence-electron chi connectivity index (χ2n) is 10.0. The lowest BCUT2D eigenvalue weighted by Gasteiger charge is -2.33. The molecule has 0 heterocycles. The smallest absolute Gasteiger partial charge is 0.243 e. The van der Waals surface area contributed by atoms with Crippen LogP contribution in [0.25, 0.3) is 0 Å². The zero-order valence-corrected chi connectivity index (χ0v) is 23.2. The van der Waals surface area contributed by atoms with Gasteiger partial charge in [0.1, 0.15) is 6.04 Å². The lowest BCUT2D eigenvalue weighted by molar-refractivity contribution is -0.141. The van der Waals surface area contributed by atoms with E-state index in [1.165, 1.54) is 17.8 Å². The number of nitrogens with zero attached hydrogens (tertiary/aromatic N) is 2. The van der Waals surface area contributed by atoms with E-state index in [-0.39, 0.29) is 35.7 Å². The summed E-state index contributed by atoms with van der Waals surface area (Å²) >= 11 is 0. The summed E-state index contributed by atoms with van der Waals surface area (Å²) in [6.45, 7) is 4.50. The van der Waals surface area contributed by atoms with E-state index in [4.69, 9.17) is 0 Å². The van der Waals surface area contributed by atoms with Crippen molar-refractivity contribution in [2.24, 2.45) is 0 Å². The van der Waals surface area contributed by atoms with E-state index in [2.05, 4.69) is 5.32 Å². The van der Waals surface area contributed by atoms with Crippen molar-refractivity contribution in [1.29, 1.82) is 0 Å². The van der Waals surface area contributed by atoms with Crippen molar-refractivity contribution in [3.8, 4) is 0 Å². The highest BCUT2D eigenvalue weighted by Crippen LogP contribution is 2.20. The summed E-state index contributed by atoms with van der Waals surface area (Å²) in [7, 11) is -2.09. The topological polar surface area (TPSA) is 86.8 Å². The summed E-state index contributed by atoms with van der Waals surface area (Å²) in [6, 6.07) is 15.9. The minimum Gasteiger partial charge on any atom is -0.352 e. The van der Waals surface area contributed by atoms with Gasteiger partial charge in [0, 0.05) is 32.6 Å². The van der Waals surface area contributed by atoms with Crippen molar-refractivity contribution < 1.29 is 18.0 Å². The van der Waals surface area contributed by atoms with Gasteiger partial charge in [-0.15, -0.1) is 0 Å². The van der Waals surface area contributed by atoms with Crippen LogP contribution in [-0.2, 0) is 26.2 Å². The van der Waals surface area contributed by atoms with Gasteiger partial charge < -0.3 is 10.2 Å². The van der Waals surface area contributed by atoms with Crippen LogP contribution in [0.15, 0.2) is 59.5 Å². The van der Waals surface area contributed by atoms with Crippen molar-refractivity contribution in [2.75, 3.05) is 13.6 Å². The number of sulfonamides is 1. The van der Waals surface area contributed by atoms with Crippen LogP contribution in [0.4, 0.5) is 0 Å². The average Bonchev–Trinajstić information content (AvgIpc) is 2.90. The predicted octanol–water partition coefficient (Wildman–Crippen LogP) is 4.65. The maximum Gasteiger partial charge on any atom is 0.243 e. The van der Waals surface area contributed by atoms with E-state index >= 15 is 0 Å².